The molecule has 0 spiro atoms. The third kappa shape index (κ3) is 9.84. The van der Waals surface area contributed by atoms with Gasteiger partial charge in [0.15, 0.2) is 9.84 Å². The van der Waals surface area contributed by atoms with Gasteiger partial charge in [-0.05, 0) is 32.3 Å². The van der Waals surface area contributed by atoms with E-state index in [1.165, 1.54) is 36.2 Å². The van der Waals surface area contributed by atoms with Gasteiger partial charge in [0.2, 0.25) is 5.91 Å². The van der Waals surface area contributed by atoms with E-state index in [1.807, 2.05) is 0 Å². The van der Waals surface area contributed by atoms with Crippen LogP contribution in [0, 0.1) is 0 Å². The van der Waals surface area contributed by atoms with Crippen LogP contribution in [0.3, 0.4) is 0 Å². The predicted molar refractivity (Wildman–Crippen MR) is 148 cm³/mol. The van der Waals surface area contributed by atoms with Gasteiger partial charge in [0, 0.05) is 65.6 Å². The highest BCUT2D eigenvalue weighted by atomic mass is 32.3. The normalized spacial score (nSPS) is 16.5. The first-order valence-electron chi connectivity index (χ1n) is 13.2. The smallest absolute Gasteiger partial charge is 0.302 e. The van der Waals surface area contributed by atoms with Gasteiger partial charge in [-0.15, -0.1) is 11.3 Å². The Balaban J connectivity index is 2.37. The number of likely N-dealkylation sites (N-methyl/N-ethyl adjacent to an activating group) is 1. The largest absolute Gasteiger partial charge is 0.466 e. The topological polar surface area (TPSA) is 171 Å². The molecule has 2 heterocycles. The van der Waals surface area contributed by atoms with Crippen LogP contribution in [0.4, 0.5) is 0 Å². The highest BCUT2D eigenvalue weighted by Crippen LogP contribution is 2.43. The number of nitrogens with zero attached hydrogens (tertiary/aromatic N) is 2. The van der Waals surface area contributed by atoms with E-state index in [2.05, 4.69) is 0 Å². The number of rotatable bonds is 17. The van der Waals surface area contributed by atoms with Gasteiger partial charge in [0.25, 0.3) is 10.0 Å². The summed E-state index contributed by atoms with van der Waals surface area (Å²) in [6.45, 7) is 4.82. The Kier molecular flexibility index (Phi) is 13.3. The Morgan fingerprint density at radius 1 is 1.02 bits per heavy atom. The zero-order chi connectivity index (χ0) is 30.8. The van der Waals surface area contributed by atoms with E-state index >= 15 is 0 Å². The molecule has 1 aliphatic heterocycles. The number of thiophene rings is 1. The second-order valence-electron chi connectivity index (χ2n) is 9.40. The van der Waals surface area contributed by atoms with E-state index in [9.17, 15) is 36.0 Å². The molecule has 1 aliphatic rings. The molecule has 0 aliphatic carbocycles. The summed E-state index contributed by atoms with van der Waals surface area (Å²) in [6.07, 6.45) is 0.732. The molecule has 232 valence electrons. The van der Waals surface area contributed by atoms with Gasteiger partial charge >= 0.3 is 11.9 Å². The summed E-state index contributed by atoms with van der Waals surface area (Å²) in [6, 6.07) is 0.493. The number of carbonyl (C=O) groups is 4. The van der Waals surface area contributed by atoms with Crippen molar-refractivity contribution in [1.82, 2.24) is 9.21 Å². The molecule has 1 atom stereocenters. The molecular weight excluding hydrogens is 600 g/mol. The molecule has 0 saturated heterocycles. The van der Waals surface area contributed by atoms with E-state index in [1.54, 1.807) is 6.92 Å². The van der Waals surface area contributed by atoms with E-state index in [0.717, 1.165) is 0 Å². The number of fused-ring (bicyclic) bond motifs is 1. The zero-order valence-corrected chi connectivity index (χ0v) is 26.2. The molecule has 2 rings (SSSR count). The summed E-state index contributed by atoms with van der Waals surface area (Å²) < 4.78 is 68.9. The van der Waals surface area contributed by atoms with Crippen molar-refractivity contribution in [3.05, 3.63) is 11.6 Å². The SMILES string of the molecule is CCN(C(=O)CCCOC(C)=O)[C@H]1CN(CCCOC)S(=O)(=O)c2sc(S(=O)(=O)CC(=O)CCCOC(C)=O)cc21. The second kappa shape index (κ2) is 15.7. The third-order valence-corrected chi connectivity index (χ3v) is 12.0. The van der Waals surface area contributed by atoms with E-state index in [0.29, 0.717) is 24.4 Å². The molecule has 0 bridgehead atoms. The molecule has 13 nitrogen and oxygen atoms in total. The van der Waals surface area contributed by atoms with Crippen LogP contribution in [0.5, 0.6) is 0 Å². The van der Waals surface area contributed by atoms with Gasteiger partial charge in [-0.25, -0.2) is 16.8 Å². The van der Waals surface area contributed by atoms with Crippen LogP contribution in [-0.4, -0.2) is 102 Å². The van der Waals surface area contributed by atoms with Crippen LogP contribution in [0.15, 0.2) is 14.5 Å². The molecule has 0 unspecified atom stereocenters. The lowest BCUT2D eigenvalue weighted by Crippen LogP contribution is -2.47. The van der Waals surface area contributed by atoms with Crippen molar-refractivity contribution in [2.24, 2.45) is 0 Å². The van der Waals surface area contributed by atoms with E-state index < -0.39 is 49.4 Å². The van der Waals surface area contributed by atoms with Gasteiger partial charge < -0.3 is 19.1 Å². The first-order valence-corrected chi connectivity index (χ1v) is 17.1. The minimum absolute atomic E-state index is 0.0188. The molecule has 0 saturated carbocycles. The van der Waals surface area contributed by atoms with Crippen LogP contribution in [-0.2, 0) is 53.2 Å². The number of esters is 2. The lowest BCUT2D eigenvalue weighted by Gasteiger charge is -2.38. The van der Waals surface area contributed by atoms with Crippen LogP contribution >= 0.6 is 11.3 Å². The summed E-state index contributed by atoms with van der Waals surface area (Å²) in [4.78, 5) is 49.0. The van der Waals surface area contributed by atoms with Crippen molar-refractivity contribution in [1.29, 1.82) is 0 Å². The highest BCUT2D eigenvalue weighted by molar-refractivity contribution is 7.95. The van der Waals surface area contributed by atoms with Crippen molar-refractivity contribution in [2.75, 3.05) is 52.3 Å². The van der Waals surface area contributed by atoms with Crippen molar-refractivity contribution in [3.8, 4) is 0 Å². The number of hydrogen-bond donors (Lipinski definition) is 0. The molecule has 0 fully saturated rings. The molecule has 1 aromatic rings. The molecule has 16 heteroatoms. The lowest BCUT2D eigenvalue weighted by molar-refractivity contribution is -0.142. The van der Waals surface area contributed by atoms with Gasteiger partial charge in [0.05, 0.1) is 19.3 Å². The number of methoxy groups -OCH3 is 1. The summed E-state index contributed by atoms with van der Waals surface area (Å²) in [5.41, 5.74) is 0.189. The summed E-state index contributed by atoms with van der Waals surface area (Å²) in [5, 5.41) is 0. The minimum Gasteiger partial charge on any atom is -0.466 e. The van der Waals surface area contributed by atoms with E-state index in [4.69, 9.17) is 14.2 Å². The quantitative estimate of drug-likeness (QED) is 0.180. The van der Waals surface area contributed by atoms with Gasteiger partial charge in [-0.3, -0.25) is 19.2 Å². The Morgan fingerprint density at radius 3 is 2.20 bits per heavy atom. The maximum Gasteiger partial charge on any atom is 0.302 e. The molecule has 1 amide bonds. The Bertz CT molecular complexity index is 1310. The average Bonchev–Trinajstić information content (AvgIpc) is 3.35. The number of Topliss-reactive ketones (excluding diaryl/α,β-unsaturated/α-hetero) is 1. The highest BCUT2D eigenvalue weighted by Gasteiger charge is 2.43. The summed E-state index contributed by atoms with van der Waals surface area (Å²) in [7, 11) is -6.78. The van der Waals surface area contributed by atoms with E-state index in [-0.39, 0.29) is 78.4 Å². The van der Waals surface area contributed by atoms with Crippen molar-refractivity contribution < 1.29 is 50.2 Å². The van der Waals surface area contributed by atoms with Crippen LogP contribution in [0.25, 0.3) is 0 Å². The molecule has 0 radical (unpaired) electrons. The Labute approximate surface area is 245 Å². The van der Waals surface area contributed by atoms with Crippen molar-refractivity contribution in [2.45, 2.75) is 67.3 Å². The molecule has 1 aromatic heterocycles. The number of sulfonamides is 1. The number of amides is 1. The number of sulfone groups is 1. The predicted octanol–water partition coefficient (Wildman–Crippen LogP) is 1.71. The summed E-state index contributed by atoms with van der Waals surface area (Å²) in [5.74, 6) is -2.70. The number of hydrogen-bond acceptors (Lipinski definition) is 12. The molecular formula is C25H38N2O11S3. The minimum atomic E-state index is -4.19. The fourth-order valence-electron chi connectivity index (χ4n) is 4.32. The van der Waals surface area contributed by atoms with Crippen molar-refractivity contribution >= 4 is 54.8 Å². The first kappa shape index (κ1) is 34.8. The number of carbonyl (C=O) groups excluding carboxylic acids is 4. The van der Waals surface area contributed by atoms with Gasteiger partial charge in [-0.2, -0.15) is 4.31 Å². The average molecular weight is 639 g/mol. The van der Waals surface area contributed by atoms with Crippen molar-refractivity contribution in [3.63, 3.8) is 0 Å². The Morgan fingerprint density at radius 2 is 1.63 bits per heavy atom. The zero-order valence-electron chi connectivity index (χ0n) is 23.7. The number of ketones is 1. The molecule has 0 N–H and O–H groups in total. The third-order valence-electron chi connectivity index (χ3n) is 6.21. The second-order valence-corrected chi connectivity index (χ2v) is 14.8. The van der Waals surface area contributed by atoms with Gasteiger partial charge in [-0.1, -0.05) is 0 Å². The monoisotopic (exact) mass is 638 g/mol. The maximum atomic E-state index is 13.5. The molecule has 0 aromatic carbocycles. The standard InChI is InChI=1S/C25H38N2O11S3/c1-5-27(23(31)10-7-14-38-19(3)29)22-16-26(11-8-12-36-4)41(34,35)25-21(22)15-24(39-25)40(32,33)17-20(30)9-6-13-37-18(2)28/h15,22H,5-14,16-17H2,1-4H3/t22-/m0/s1. The van der Waals surface area contributed by atoms with Crippen LogP contribution in [0.1, 0.15) is 64.5 Å². The first-order chi connectivity index (χ1) is 19.2. The lowest BCUT2D eigenvalue weighted by atomic mass is 10.1. The van der Waals surface area contributed by atoms with Gasteiger partial charge in [0.1, 0.15) is 20.0 Å². The van der Waals surface area contributed by atoms with Crippen LogP contribution < -0.4 is 0 Å². The summed E-state index contributed by atoms with van der Waals surface area (Å²) >= 11 is 0.569. The van der Waals surface area contributed by atoms with Crippen LogP contribution in [0.2, 0.25) is 0 Å². The fraction of sp³-hybridized carbons (Fsp3) is 0.680. The Hall–Kier alpha value is -2.40. The number of ether oxygens (including phenoxy) is 3. The maximum absolute atomic E-state index is 13.5. The fourth-order valence-corrected chi connectivity index (χ4v) is 9.55. The molecule has 41 heavy (non-hydrogen) atoms.